The van der Waals surface area contributed by atoms with E-state index in [1.807, 2.05) is 12.3 Å². The molecule has 2 aliphatic heterocycles. The van der Waals surface area contributed by atoms with Crippen LogP contribution in [0.4, 0.5) is 0 Å². The quantitative estimate of drug-likeness (QED) is 0.204. The Kier molecular flexibility index (Phi) is 13.4. The molecule has 0 unspecified atom stereocenters. The first-order valence-electron chi connectivity index (χ1n) is 11.7. The highest BCUT2D eigenvalue weighted by atomic mass is 127. The molecule has 176 valence electrons. The Morgan fingerprint density at radius 3 is 2.74 bits per heavy atom. The molecule has 2 fully saturated rings. The van der Waals surface area contributed by atoms with Crippen LogP contribution in [0.5, 0.6) is 0 Å². The summed E-state index contributed by atoms with van der Waals surface area (Å²) in [6, 6.07) is 6.62. The van der Waals surface area contributed by atoms with Gasteiger partial charge in [0, 0.05) is 71.4 Å². The number of rotatable bonds is 10. The maximum atomic E-state index is 5.85. The van der Waals surface area contributed by atoms with Gasteiger partial charge < -0.3 is 20.1 Å². The lowest BCUT2D eigenvalue weighted by atomic mass is 10.0. The molecular formula is C23H40IN5O2. The van der Waals surface area contributed by atoms with Crippen LogP contribution in [0.2, 0.25) is 0 Å². The molecule has 1 aromatic rings. The standard InChI is InChI=1S/C23H39N5O2.HI/c1-2-24-23(26-12-5-15-30-19-20-9-16-29-17-10-20)27-21-7-13-28(14-8-21)18-22-6-3-4-11-25-22;/h3-4,6,11,20-21H,2,5,7-10,12-19H2,1H3,(H2,24,26,27);1H. The van der Waals surface area contributed by atoms with Gasteiger partial charge in [-0.15, -0.1) is 24.0 Å². The van der Waals surface area contributed by atoms with Crippen LogP contribution >= 0.6 is 24.0 Å². The lowest BCUT2D eigenvalue weighted by molar-refractivity contribution is 0.0205. The van der Waals surface area contributed by atoms with Gasteiger partial charge in [0.15, 0.2) is 5.96 Å². The van der Waals surface area contributed by atoms with Crippen LogP contribution < -0.4 is 10.6 Å². The predicted molar refractivity (Wildman–Crippen MR) is 136 cm³/mol. The van der Waals surface area contributed by atoms with Crippen molar-refractivity contribution in [1.82, 2.24) is 20.5 Å². The third kappa shape index (κ3) is 10.5. The Morgan fingerprint density at radius 2 is 2.03 bits per heavy atom. The number of hydrogen-bond acceptors (Lipinski definition) is 5. The second-order valence-electron chi connectivity index (χ2n) is 8.26. The Morgan fingerprint density at radius 1 is 1.23 bits per heavy atom. The smallest absolute Gasteiger partial charge is 0.191 e. The van der Waals surface area contributed by atoms with Gasteiger partial charge in [0.05, 0.1) is 5.69 Å². The summed E-state index contributed by atoms with van der Waals surface area (Å²) in [4.78, 5) is 11.7. The normalized spacial score (nSPS) is 19.1. The van der Waals surface area contributed by atoms with Crippen molar-refractivity contribution in [2.75, 3.05) is 52.6 Å². The molecule has 0 aliphatic carbocycles. The number of likely N-dealkylation sites (tertiary alicyclic amines) is 1. The molecule has 2 saturated heterocycles. The van der Waals surface area contributed by atoms with Crippen molar-refractivity contribution in [2.24, 2.45) is 10.9 Å². The van der Waals surface area contributed by atoms with Gasteiger partial charge in [-0.2, -0.15) is 0 Å². The molecule has 3 rings (SSSR count). The van der Waals surface area contributed by atoms with Gasteiger partial charge in [-0.1, -0.05) is 6.07 Å². The van der Waals surface area contributed by atoms with Crippen molar-refractivity contribution in [3.8, 4) is 0 Å². The van der Waals surface area contributed by atoms with Crippen molar-refractivity contribution < 1.29 is 9.47 Å². The minimum Gasteiger partial charge on any atom is -0.381 e. The minimum absolute atomic E-state index is 0. The number of hydrogen-bond donors (Lipinski definition) is 2. The van der Waals surface area contributed by atoms with E-state index in [9.17, 15) is 0 Å². The second-order valence-corrected chi connectivity index (χ2v) is 8.26. The summed E-state index contributed by atoms with van der Waals surface area (Å²) < 4.78 is 11.2. The molecule has 3 heterocycles. The van der Waals surface area contributed by atoms with E-state index in [4.69, 9.17) is 14.5 Å². The summed E-state index contributed by atoms with van der Waals surface area (Å²) in [5.74, 6) is 1.61. The summed E-state index contributed by atoms with van der Waals surface area (Å²) in [6.45, 7) is 10.3. The van der Waals surface area contributed by atoms with Gasteiger partial charge in [-0.3, -0.25) is 14.9 Å². The van der Waals surface area contributed by atoms with Crippen molar-refractivity contribution in [1.29, 1.82) is 0 Å². The zero-order chi connectivity index (χ0) is 20.9. The van der Waals surface area contributed by atoms with Gasteiger partial charge >= 0.3 is 0 Å². The highest BCUT2D eigenvalue weighted by molar-refractivity contribution is 14.0. The lowest BCUT2D eigenvalue weighted by Crippen LogP contribution is -2.48. The Labute approximate surface area is 204 Å². The average Bonchev–Trinajstić information content (AvgIpc) is 2.79. The van der Waals surface area contributed by atoms with Crippen LogP contribution in [-0.4, -0.2) is 74.5 Å². The summed E-state index contributed by atoms with van der Waals surface area (Å²) in [6.07, 6.45) is 7.36. The summed E-state index contributed by atoms with van der Waals surface area (Å²) in [7, 11) is 0. The summed E-state index contributed by atoms with van der Waals surface area (Å²) in [5, 5.41) is 7.01. The third-order valence-electron chi connectivity index (χ3n) is 5.80. The van der Waals surface area contributed by atoms with Gasteiger partial charge in [-0.05, 0) is 57.1 Å². The SMILES string of the molecule is CCNC(=NCCCOCC1CCOCC1)NC1CCN(Cc2ccccn2)CC1.I. The molecule has 0 aromatic carbocycles. The monoisotopic (exact) mass is 545 g/mol. The fourth-order valence-electron chi connectivity index (χ4n) is 3.99. The molecule has 0 amide bonds. The Balaban J connectivity index is 0.00000341. The summed E-state index contributed by atoms with van der Waals surface area (Å²) in [5.41, 5.74) is 1.15. The largest absolute Gasteiger partial charge is 0.381 e. The molecule has 0 bridgehead atoms. The molecule has 0 atom stereocenters. The number of halogens is 1. The number of piperidine rings is 1. The van der Waals surface area contributed by atoms with Gasteiger partial charge in [0.2, 0.25) is 0 Å². The molecule has 0 radical (unpaired) electrons. The lowest BCUT2D eigenvalue weighted by Gasteiger charge is -2.32. The first-order valence-corrected chi connectivity index (χ1v) is 11.7. The van der Waals surface area contributed by atoms with Crippen molar-refractivity contribution in [2.45, 2.75) is 51.6 Å². The van der Waals surface area contributed by atoms with Crippen molar-refractivity contribution in [3.63, 3.8) is 0 Å². The fraction of sp³-hybridized carbons (Fsp3) is 0.739. The second kappa shape index (κ2) is 15.8. The molecule has 0 saturated carbocycles. The van der Waals surface area contributed by atoms with E-state index in [0.29, 0.717) is 12.0 Å². The summed E-state index contributed by atoms with van der Waals surface area (Å²) >= 11 is 0. The molecule has 2 N–H and O–H groups in total. The number of aromatic nitrogens is 1. The zero-order valence-corrected chi connectivity index (χ0v) is 21.3. The molecule has 0 spiro atoms. The van der Waals surface area contributed by atoms with E-state index in [2.05, 4.69) is 39.6 Å². The van der Waals surface area contributed by atoms with Crippen molar-refractivity contribution >= 4 is 29.9 Å². The average molecular weight is 546 g/mol. The minimum atomic E-state index is 0. The zero-order valence-electron chi connectivity index (χ0n) is 18.9. The first-order chi connectivity index (χ1) is 14.8. The maximum absolute atomic E-state index is 5.85. The predicted octanol–water partition coefficient (Wildman–Crippen LogP) is 3.05. The van der Waals surface area contributed by atoms with E-state index >= 15 is 0 Å². The third-order valence-corrected chi connectivity index (χ3v) is 5.80. The highest BCUT2D eigenvalue weighted by Gasteiger charge is 2.20. The number of nitrogens with one attached hydrogen (secondary N) is 2. The Bertz CT molecular complexity index is 605. The van der Waals surface area contributed by atoms with Crippen LogP contribution in [-0.2, 0) is 16.0 Å². The van der Waals surface area contributed by atoms with E-state index in [1.165, 1.54) is 0 Å². The van der Waals surface area contributed by atoms with Crippen LogP contribution in [0.3, 0.4) is 0 Å². The first kappa shape index (κ1) is 26.3. The van der Waals surface area contributed by atoms with Gasteiger partial charge in [0.25, 0.3) is 0 Å². The maximum Gasteiger partial charge on any atom is 0.191 e. The fourth-order valence-corrected chi connectivity index (χ4v) is 3.99. The number of pyridine rings is 1. The van der Waals surface area contributed by atoms with Crippen LogP contribution in [0, 0.1) is 5.92 Å². The van der Waals surface area contributed by atoms with E-state index < -0.39 is 0 Å². The number of nitrogens with zero attached hydrogens (tertiary/aromatic N) is 3. The van der Waals surface area contributed by atoms with Crippen molar-refractivity contribution in [3.05, 3.63) is 30.1 Å². The molecule has 7 nitrogen and oxygen atoms in total. The van der Waals surface area contributed by atoms with Crippen LogP contribution in [0.1, 0.15) is 44.7 Å². The number of guanidine groups is 1. The molecule has 31 heavy (non-hydrogen) atoms. The van der Waals surface area contributed by atoms with Crippen LogP contribution in [0.25, 0.3) is 0 Å². The van der Waals surface area contributed by atoms with E-state index in [-0.39, 0.29) is 24.0 Å². The topological polar surface area (TPSA) is 71.0 Å². The Hall–Kier alpha value is -0.970. The molecule has 8 heteroatoms. The molecule has 1 aromatic heterocycles. The number of aliphatic imine (C=N–C) groups is 1. The van der Waals surface area contributed by atoms with Gasteiger partial charge in [-0.25, -0.2) is 0 Å². The molecular weight excluding hydrogens is 505 g/mol. The highest BCUT2D eigenvalue weighted by Crippen LogP contribution is 2.15. The molecule has 2 aliphatic rings. The van der Waals surface area contributed by atoms with E-state index in [0.717, 1.165) is 103 Å². The van der Waals surface area contributed by atoms with Gasteiger partial charge in [0.1, 0.15) is 0 Å². The van der Waals surface area contributed by atoms with E-state index in [1.54, 1.807) is 0 Å². The van der Waals surface area contributed by atoms with Crippen LogP contribution in [0.15, 0.2) is 29.4 Å². The number of ether oxygens (including phenoxy) is 2.